The molecule has 1 heterocycles. The number of likely N-dealkylation sites (N-methyl/N-ethyl adjacent to an activating group) is 1. The largest absolute Gasteiger partial charge is 0.302 e. The third-order valence-electron chi connectivity index (χ3n) is 4.68. The second-order valence-electron chi connectivity index (χ2n) is 6.19. The molecule has 0 aliphatic carbocycles. The zero-order chi connectivity index (χ0) is 17.6. The van der Waals surface area contributed by atoms with Crippen molar-refractivity contribution in [2.75, 3.05) is 19.6 Å². The molecule has 0 atom stereocenters. The molecule has 0 aliphatic heterocycles. The van der Waals surface area contributed by atoms with Crippen LogP contribution in [0.2, 0.25) is 0 Å². The van der Waals surface area contributed by atoms with Crippen molar-refractivity contribution >= 4 is 10.9 Å². The highest BCUT2D eigenvalue weighted by Gasteiger charge is 2.12. The Morgan fingerprint density at radius 1 is 0.960 bits per heavy atom. The number of hydrogen-bond donors (Lipinski definition) is 0. The highest BCUT2D eigenvalue weighted by molar-refractivity contribution is 5.77. The molecule has 0 radical (unpaired) electrons. The van der Waals surface area contributed by atoms with Gasteiger partial charge >= 0.3 is 0 Å². The molecule has 0 bridgehead atoms. The lowest BCUT2D eigenvalue weighted by Crippen LogP contribution is -2.33. The molecule has 2 aromatic carbocycles. The Hall–Kier alpha value is -2.46. The fraction of sp³-hybridized carbons (Fsp3) is 0.333. The molecule has 4 nitrogen and oxygen atoms in total. The molecule has 0 fully saturated rings. The summed E-state index contributed by atoms with van der Waals surface area (Å²) < 4.78 is 1.85. The zero-order valence-electron chi connectivity index (χ0n) is 15.0. The summed E-state index contributed by atoms with van der Waals surface area (Å²) in [6, 6.07) is 17.8. The first-order valence-corrected chi connectivity index (χ1v) is 8.97. The van der Waals surface area contributed by atoms with Crippen LogP contribution in [0.1, 0.15) is 25.2 Å². The van der Waals surface area contributed by atoms with Crippen molar-refractivity contribution in [2.45, 2.75) is 26.8 Å². The Labute approximate surface area is 148 Å². The van der Waals surface area contributed by atoms with Crippen LogP contribution in [0, 0.1) is 0 Å². The Kier molecular flexibility index (Phi) is 5.61. The zero-order valence-corrected chi connectivity index (χ0v) is 15.0. The van der Waals surface area contributed by atoms with E-state index in [1.165, 1.54) is 5.56 Å². The van der Waals surface area contributed by atoms with Gasteiger partial charge in [0.1, 0.15) is 5.82 Å². The molecule has 0 spiro atoms. The summed E-state index contributed by atoms with van der Waals surface area (Å²) in [4.78, 5) is 20.2. The fourth-order valence-electron chi connectivity index (χ4n) is 3.14. The van der Waals surface area contributed by atoms with E-state index in [1.54, 1.807) is 0 Å². The molecule has 4 heteroatoms. The summed E-state index contributed by atoms with van der Waals surface area (Å²) in [5.74, 6) is 0.835. The molecular formula is C21H25N3O. The van der Waals surface area contributed by atoms with Gasteiger partial charge in [0.15, 0.2) is 0 Å². The summed E-state index contributed by atoms with van der Waals surface area (Å²) >= 11 is 0. The fourth-order valence-corrected chi connectivity index (χ4v) is 3.14. The molecular weight excluding hydrogens is 310 g/mol. The van der Waals surface area contributed by atoms with Crippen LogP contribution in [0.4, 0.5) is 0 Å². The number of fused-ring (bicyclic) bond motifs is 1. The van der Waals surface area contributed by atoms with Gasteiger partial charge in [-0.15, -0.1) is 0 Å². The molecule has 25 heavy (non-hydrogen) atoms. The van der Waals surface area contributed by atoms with Crippen LogP contribution in [0.15, 0.2) is 59.4 Å². The second-order valence-corrected chi connectivity index (χ2v) is 6.19. The first kappa shape index (κ1) is 17.4. The lowest BCUT2D eigenvalue weighted by atomic mass is 10.1. The first-order chi connectivity index (χ1) is 12.2. The van der Waals surface area contributed by atoms with Crippen molar-refractivity contribution in [3.05, 3.63) is 76.3 Å². The predicted octanol–water partition coefficient (Wildman–Crippen LogP) is 3.33. The van der Waals surface area contributed by atoms with E-state index in [9.17, 15) is 4.79 Å². The minimum absolute atomic E-state index is 0.0590. The SMILES string of the molecule is CCN(CC)CCn1c(Cc2ccccc2)nc2ccccc2c1=O. The minimum Gasteiger partial charge on any atom is -0.302 e. The Bertz CT molecular complexity index is 883. The minimum atomic E-state index is 0.0590. The maximum absolute atomic E-state index is 13.0. The number of benzene rings is 2. The van der Waals surface area contributed by atoms with Crippen LogP contribution < -0.4 is 5.56 Å². The topological polar surface area (TPSA) is 38.1 Å². The molecule has 3 rings (SSSR count). The first-order valence-electron chi connectivity index (χ1n) is 8.97. The maximum Gasteiger partial charge on any atom is 0.261 e. The van der Waals surface area contributed by atoms with Crippen molar-refractivity contribution < 1.29 is 0 Å². The van der Waals surface area contributed by atoms with Crippen molar-refractivity contribution in [3.63, 3.8) is 0 Å². The normalized spacial score (nSPS) is 11.3. The average molecular weight is 335 g/mol. The van der Waals surface area contributed by atoms with Gasteiger partial charge in [-0.2, -0.15) is 0 Å². The Morgan fingerprint density at radius 2 is 1.64 bits per heavy atom. The van der Waals surface area contributed by atoms with Crippen molar-refractivity contribution in [2.24, 2.45) is 0 Å². The van der Waals surface area contributed by atoms with Gasteiger partial charge in [0.05, 0.1) is 10.9 Å². The summed E-state index contributed by atoms with van der Waals surface area (Å²) in [6.07, 6.45) is 0.666. The second kappa shape index (κ2) is 8.08. The molecule has 0 saturated carbocycles. The quantitative estimate of drug-likeness (QED) is 0.665. The lowest BCUT2D eigenvalue weighted by molar-refractivity contribution is 0.287. The number of aromatic nitrogens is 2. The molecule has 0 unspecified atom stereocenters. The molecule has 130 valence electrons. The van der Waals surface area contributed by atoms with Gasteiger partial charge in [0.2, 0.25) is 0 Å². The van der Waals surface area contributed by atoms with E-state index in [4.69, 9.17) is 4.98 Å². The summed E-state index contributed by atoms with van der Waals surface area (Å²) in [5.41, 5.74) is 2.00. The van der Waals surface area contributed by atoms with E-state index in [0.717, 1.165) is 31.0 Å². The predicted molar refractivity (Wildman–Crippen MR) is 103 cm³/mol. The highest BCUT2D eigenvalue weighted by atomic mass is 16.1. The highest BCUT2D eigenvalue weighted by Crippen LogP contribution is 2.12. The van der Waals surface area contributed by atoms with Crippen LogP contribution in [-0.2, 0) is 13.0 Å². The Balaban J connectivity index is 2.02. The van der Waals surface area contributed by atoms with Crippen LogP contribution in [0.5, 0.6) is 0 Å². The monoisotopic (exact) mass is 335 g/mol. The van der Waals surface area contributed by atoms with Crippen LogP contribution in [0.3, 0.4) is 0 Å². The number of rotatable bonds is 7. The number of nitrogens with zero attached hydrogens (tertiary/aromatic N) is 3. The average Bonchev–Trinajstić information content (AvgIpc) is 2.65. The number of hydrogen-bond acceptors (Lipinski definition) is 3. The Morgan fingerprint density at radius 3 is 2.36 bits per heavy atom. The van der Waals surface area contributed by atoms with Crippen LogP contribution in [-0.4, -0.2) is 34.1 Å². The molecule has 3 aromatic rings. The van der Waals surface area contributed by atoms with E-state index < -0.39 is 0 Å². The number of para-hydroxylation sites is 1. The van der Waals surface area contributed by atoms with Gasteiger partial charge in [-0.1, -0.05) is 56.3 Å². The standard InChI is InChI=1S/C21H25N3O/c1-3-23(4-2)14-15-24-20(16-17-10-6-5-7-11-17)22-19-13-9-8-12-18(19)21(24)25/h5-13H,3-4,14-16H2,1-2H3. The molecule has 0 N–H and O–H groups in total. The molecule has 0 amide bonds. The summed E-state index contributed by atoms with van der Waals surface area (Å²) in [7, 11) is 0. The van der Waals surface area contributed by atoms with Crippen molar-refractivity contribution in [3.8, 4) is 0 Å². The van der Waals surface area contributed by atoms with Crippen molar-refractivity contribution in [1.29, 1.82) is 0 Å². The van der Waals surface area contributed by atoms with Crippen LogP contribution in [0.25, 0.3) is 10.9 Å². The van der Waals surface area contributed by atoms with Gasteiger partial charge in [0, 0.05) is 19.5 Å². The maximum atomic E-state index is 13.0. The summed E-state index contributed by atoms with van der Waals surface area (Å²) in [5, 5.41) is 0.693. The third kappa shape index (κ3) is 3.97. The lowest BCUT2D eigenvalue weighted by Gasteiger charge is -2.20. The van der Waals surface area contributed by atoms with Gasteiger partial charge in [0.25, 0.3) is 5.56 Å². The van der Waals surface area contributed by atoms with Crippen molar-refractivity contribution in [1.82, 2.24) is 14.5 Å². The van der Waals surface area contributed by atoms with E-state index >= 15 is 0 Å². The molecule has 1 aromatic heterocycles. The van der Waals surface area contributed by atoms with E-state index in [-0.39, 0.29) is 5.56 Å². The van der Waals surface area contributed by atoms with Gasteiger partial charge < -0.3 is 4.90 Å². The van der Waals surface area contributed by atoms with Gasteiger partial charge in [-0.05, 0) is 30.8 Å². The third-order valence-corrected chi connectivity index (χ3v) is 4.68. The smallest absolute Gasteiger partial charge is 0.261 e. The summed E-state index contributed by atoms with van der Waals surface area (Å²) in [6.45, 7) is 7.79. The van der Waals surface area contributed by atoms with Crippen LogP contribution >= 0.6 is 0 Å². The van der Waals surface area contributed by atoms with E-state index in [0.29, 0.717) is 18.4 Å². The van der Waals surface area contributed by atoms with Gasteiger partial charge in [-0.3, -0.25) is 9.36 Å². The van der Waals surface area contributed by atoms with E-state index in [2.05, 4.69) is 30.9 Å². The molecule has 0 aliphatic rings. The van der Waals surface area contributed by atoms with Gasteiger partial charge in [-0.25, -0.2) is 4.98 Å². The van der Waals surface area contributed by atoms with E-state index in [1.807, 2.05) is 47.0 Å². The molecule has 0 saturated heterocycles.